The molecule has 0 unspecified atom stereocenters. The number of hydrazone groups is 1. The van der Waals surface area contributed by atoms with Gasteiger partial charge in [-0.05, 0) is 25.1 Å². The topological polar surface area (TPSA) is 83.3 Å². The molecule has 23 heavy (non-hydrogen) atoms. The van der Waals surface area contributed by atoms with Crippen LogP contribution >= 0.6 is 0 Å². The molecule has 3 rings (SSSR count). The fourth-order valence-corrected chi connectivity index (χ4v) is 2.03. The Morgan fingerprint density at radius 1 is 1.13 bits per heavy atom. The van der Waals surface area contributed by atoms with E-state index in [-0.39, 0.29) is 5.75 Å². The summed E-state index contributed by atoms with van der Waals surface area (Å²) in [4.78, 5) is 12.8. The Kier molecular flexibility index (Phi) is 4.24. The summed E-state index contributed by atoms with van der Waals surface area (Å²) in [6, 6.07) is 12.5. The van der Waals surface area contributed by atoms with Gasteiger partial charge in [0, 0.05) is 29.7 Å². The van der Waals surface area contributed by atoms with E-state index in [0.717, 1.165) is 11.3 Å². The summed E-state index contributed by atoms with van der Waals surface area (Å²) in [5, 5.41) is 14.1. The molecule has 0 fully saturated rings. The smallest absolute Gasteiger partial charge is 0.165 e. The van der Waals surface area contributed by atoms with Crippen molar-refractivity contribution in [3.8, 4) is 17.1 Å². The maximum atomic E-state index is 9.93. The summed E-state index contributed by atoms with van der Waals surface area (Å²) in [7, 11) is 0. The van der Waals surface area contributed by atoms with E-state index in [2.05, 4.69) is 25.5 Å². The molecule has 0 aliphatic carbocycles. The van der Waals surface area contributed by atoms with Crippen molar-refractivity contribution in [1.29, 1.82) is 0 Å². The highest BCUT2D eigenvalue weighted by Gasteiger charge is 2.08. The van der Waals surface area contributed by atoms with Crippen LogP contribution in [0.4, 0.5) is 5.82 Å². The molecule has 6 nitrogen and oxygen atoms in total. The molecule has 1 aromatic carbocycles. The lowest BCUT2D eigenvalue weighted by molar-refractivity contribution is 0.477. The number of aryl methyl sites for hydroxylation is 1. The highest BCUT2D eigenvalue weighted by molar-refractivity contribution is 5.79. The fourth-order valence-electron chi connectivity index (χ4n) is 2.03. The Morgan fingerprint density at radius 3 is 2.78 bits per heavy atom. The summed E-state index contributed by atoms with van der Waals surface area (Å²) in [5.41, 5.74) is 5.11. The van der Waals surface area contributed by atoms with Crippen molar-refractivity contribution >= 4 is 12.0 Å². The number of aromatic nitrogens is 3. The van der Waals surface area contributed by atoms with E-state index in [1.54, 1.807) is 42.9 Å². The number of benzene rings is 1. The molecule has 3 aromatic rings. The summed E-state index contributed by atoms with van der Waals surface area (Å²) >= 11 is 0. The number of nitrogens with zero attached hydrogens (tertiary/aromatic N) is 4. The van der Waals surface area contributed by atoms with Gasteiger partial charge in [0.05, 0.1) is 11.8 Å². The van der Waals surface area contributed by atoms with Crippen molar-refractivity contribution in [2.24, 2.45) is 5.10 Å². The Labute approximate surface area is 133 Å². The van der Waals surface area contributed by atoms with Crippen LogP contribution in [0.1, 0.15) is 11.3 Å². The molecule has 0 bridgehead atoms. The van der Waals surface area contributed by atoms with Gasteiger partial charge in [0.25, 0.3) is 0 Å². The molecule has 0 amide bonds. The first-order valence-corrected chi connectivity index (χ1v) is 7.05. The number of rotatable bonds is 4. The first-order valence-electron chi connectivity index (χ1n) is 7.05. The van der Waals surface area contributed by atoms with E-state index in [9.17, 15) is 5.11 Å². The lowest BCUT2D eigenvalue weighted by Crippen LogP contribution is -1.99. The van der Waals surface area contributed by atoms with Crippen LogP contribution in [0.3, 0.4) is 0 Å². The monoisotopic (exact) mass is 305 g/mol. The number of para-hydroxylation sites is 1. The van der Waals surface area contributed by atoms with E-state index in [0.29, 0.717) is 17.2 Å². The van der Waals surface area contributed by atoms with Crippen molar-refractivity contribution in [3.63, 3.8) is 0 Å². The third-order valence-electron chi connectivity index (χ3n) is 3.08. The number of anilines is 1. The second kappa shape index (κ2) is 6.65. The van der Waals surface area contributed by atoms with E-state index >= 15 is 0 Å². The fraction of sp³-hybridized carbons (Fsp3) is 0.0588. The van der Waals surface area contributed by atoms with E-state index in [1.165, 1.54) is 0 Å². The summed E-state index contributed by atoms with van der Waals surface area (Å²) in [5.74, 6) is 1.14. The minimum atomic E-state index is 0.142. The highest BCUT2D eigenvalue weighted by Crippen LogP contribution is 2.26. The van der Waals surface area contributed by atoms with Gasteiger partial charge in [-0.3, -0.25) is 10.4 Å². The Bertz CT molecular complexity index is 833. The zero-order chi connectivity index (χ0) is 16.1. The second-order valence-corrected chi connectivity index (χ2v) is 4.89. The van der Waals surface area contributed by atoms with E-state index in [1.807, 2.05) is 25.1 Å². The average Bonchev–Trinajstić information content (AvgIpc) is 2.56. The van der Waals surface area contributed by atoms with E-state index in [4.69, 9.17) is 0 Å². The Morgan fingerprint density at radius 2 is 2.00 bits per heavy atom. The van der Waals surface area contributed by atoms with Crippen molar-refractivity contribution < 1.29 is 5.11 Å². The van der Waals surface area contributed by atoms with Crippen molar-refractivity contribution in [3.05, 3.63) is 66.1 Å². The van der Waals surface area contributed by atoms with Crippen LogP contribution in [0, 0.1) is 6.92 Å². The molecule has 0 atom stereocenters. The molecule has 114 valence electrons. The third kappa shape index (κ3) is 3.68. The van der Waals surface area contributed by atoms with Crippen LogP contribution in [0.5, 0.6) is 5.75 Å². The van der Waals surface area contributed by atoms with Crippen LogP contribution in [0.15, 0.2) is 60.0 Å². The second-order valence-electron chi connectivity index (χ2n) is 4.89. The van der Waals surface area contributed by atoms with Crippen LogP contribution in [-0.2, 0) is 0 Å². The molecule has 0 saturated heterocycles. The molecular weight excluding hydrogens is 290 g/mol. The van der Waals surface area contributed by atoms with Crippen molar-refractivity contribution in [1.82, 2.24) is 15.0 Å². The quantitative estimate of drug-likeness (QED) is 0.572. The molecule has 0 spiro atoms. The van der Waals surface area contributed by atoms with Gasteiger partial charge in [-0.25, -0.2) is 9.97 Å². The van der Waals surface area contributed by atoms with Crippen LogP contribution in [0.2, 0.25) is 0 Å². The molecule has 0 radical (unpaired) electrons. The van der Waals surface area contributed by atoms with Gasteiger partial charge < -0.3 is 5.11 Å². The van der Waals surface area contributed by atoms with Crippen LogP contribution in [0.25, 0.3) is 11.4 Å². The molecule has 2 N–H and O–H groups in total. The largest absolute Gasteiger partial charge is 0.507 e. The van der Waals surface area contributed by atoms with Crippen molar-refractivity contribution in [2.75, 3.05) is 5.43 Å². The maximum absolute atomic E-state index is 9.93. The molecule has 6 heteroatoms. The number of hydrogen-bond donors (Lipinski definition) is 2. The van der Waals surface area contributed by atoms with Gasteiger partial charge in [-0.2, -0.15) is 5.10 Å². The normalized spacial score (nSPS) is 10.8. The summed E-state index contributed by atoms with van der Waals surface area (Å²) < 4.78 is 0. The molecule has 2 aromatic heterocycles. The number of pyridine rings is 1. The predicted octanol–water partition coefficient (Wildman–Crippen LogP) is 3.00. The number of phenolic OH excluding ortho intramolecular Hbond substituents is 1. The van der Waals surface area contributed by atoms with Crippen LogP contribution in [-0.4, -0.2) is 26.3 Å². The molecule has 0 aliphatic rings. The average molecular weight is 305 g/mol. The minimum absolute atomic E-state index is 0.142. The minimum Gasteiger partial charge on any atom is -0.507 e. The molecular formula is C17H15N5O. The van der Waals surface area contributed by atoms with Gasteiger partial charge in [-0.15, -0.1) is 0 Å². The lowest BCUT2D eigenvalue weighted by Gasteiger charge is -2.06. The number of hydrogen-bond acceptors (Lipinski definition) is 6. The van der Waals surface area contributed by atoms with E-state index < -0.39 is 0 Å². The van der Waals surface area contributed by atoms with Gasteiger partial charge in [0.15, 0.2) is 11.6 Å². The standard InChI is InChI=1S/C17H15N5O/c1-12-9-16(22-19-11-13-5-4-8-18-10-13)21-17(20-12)14-6-2-3-7-15(14)23/h2-11,23H,1H3,(H,20,21,22)/b19-11+. The zero-order valence-electron chi connectivity index (χ0n) is 12.5. The molecule has 2 heterocycles. The van der Waals surface area contributed by atoms with Gasteiger partial charge in [0.1, 0.15) is 5.75 Å². The third-order valence-corrected chi connectivity index (χ3v) is 3.08. The maximum Gasteiger partial charge on any atom is 0.165 e. The zero-order valence-corrected chi connectivity index (χ0v) is 12.5. The van der Waals surface area contributed by atoms with Crippen molar-refractivity contribution in [2.45, 2.75) is 6.92 Å². The molecule has 0 saturated carbocycles. The van der Waals surface area contributed by atoms with Gasteiger partial charge in [0.2, 0.25) is 0 Å². The van der Waals surface area contributed by atoms with Crippen LogP contribution < -0.4 is 5.43 Å². The summed E-state index contributed by atoms with van der Waals surface area (Å²) in [6.45, 7) is 1.86. The van der Waals surface area contributed by atoms with Gasteiger partial charge >= 0.3 is 0 Å². The Hall–Kier alpha value is -3.28. The Balaban J connectivity index is 1.84. The highest BCUT2D eigenvalue weighted by atomic mass is 16.3. The summed E-state index contributed by atoms with van der Waals surface area (Å²) in [6.07, 6.45) is 5.07. The number of phenols is 1. The number of nitrogens with one attached hydrogen (secondary N) is 1. The SMILES string of the molecule is Cc1cc(N/N=C/c2cccnc2)nc(-c2ccccc2O)n1. The lowest BCUT2D eigenvalue weighted by atomic mass is 10.2. The first-order chi connectivity index (χ1) is 11.2. The predicted molar refractivity (Wildman–Crippen MR) is 89.3 cm³/mol. The first kappa shape index (κ1) is 14.6. The molecule has 0 aliphatic heterocycles. The number of aromatic hydroxyl groups is 1. The van der Waals surface area contributed by atoms with Gasteiger partial charge in [-0.1, -0.05) is 18.2 Å².